The van der Waals surface area contributed by atoms with Crippen LogP contribution >= 0.6 is 23.2 Å². The zero-order valence-electron chi connectivity index (χ0n) is 7.48. The third-order valence-electron chi connectivity index (χ3n) is 1.96. The van der Waals surface area contributed by atoms with Crippen molar-refractivity contribution < 1.29 is 13.2 Å². The van der Waals surface area contributed by atoms with Crippen LogP contribution in [-0.4, -0.2) is 12.7 Å². The van der Waals surface area contributed by atoms with Crippen molar-refractivity contribution in [3.8, 4) is 0 Å². The highest BCUT2D eigenvalue weighted by molar-refractivity contribution is 6.33. The Kier molecular flexibility index (Phi) is 3.87. The van der Waals surface area contributed by atoms with E-state index in [1.165, 1.54) is 18.2 Å². The van der Waals surface area contributed by atoms with Crippen molar-refractivity contribution in [3.63, 3.8) is 0 Å². The van der Waals surface area contributed by atoms with Crippen LogP contribution in [0.25, 0.3) is 0 Å². The Hall–Kier alpha value is -0.450. The number of hydrogen-bond acceptors (Lipinski definition) is 1. The second-order valence-corrected chi connectivity index (χ2v) is 3.84. The quantitative estimate of drug-likeness (QED) is 0.861. The lowest BCUT2D eigenvalue weighted by atomic mass is 9.99. The second-order valence-electron chi connectivity index (χ2n) is 3.00. The van der Waals surface area contributed by atoms with Crippen LogP contribution in [0.4, 0.5) is 13.2 Å². The minimum absolute atomic E-state index is 0.0205. The maximum Gasteiger partial charge on any atom is 0.397 e. The van der Waals surface area contributed by atoms with E-state index in [0.717, 1.165) is 0 Å². The standard InChI is InChI=1S/C9H8Cl2F3N/c10-5-1-2-8(11)6(3-5)7(4-15)9(12,13)14/h1-3,7H,4,15H2. The summed E-state index contributed by atoms with van der Waals surface area (Å²) < 4.78 is 37.6. The van der Waals surface area contributed by atoms with Crippen molar-refractivity contribution >= 4 is 23.2 Å². The highest BCUT2D eigenvalue weighted by Crippen LogP contribution is 2.38. The van der Waals surface area contributed by atoms with E-state index in [1.54, 1.807) is 0 Å². The molecule has 2 N–H and O–H groups in total. The van der Waals surface area contributed by atoms with Crippen LogP contribution in [0, 0.1) is 0 Å². The van der Waals surface area contributed by atoms with Crippen molar-refractivity contribution in [2.75, 3.05) is 6.54 Å². The van der Waals surface area contributed by atoms with Crippen molar-refractivity contribution in [3.05, 3.63) is 33.8 Å². The predicted molar refractivity (Wildman–Crippen MR) is 54.3 cm³/mol. The summed E-state index contributed by atoms with van der Waals surface area (Å²) in [6, 6.07) is 3.94. The SMILES string of the molecule is NCC(c1cc(Cl)ccc1Cl)C(F)(F)F. The number of halogens is 5. The molecule has 0 fully saturated rings. The van der Waals surface area contributed by atoms with E-state index in [4.69, 9.17) is 28.9 Å². The van der Waals surface area contributed by atoms with Gasteiger partial charge in [0.05, 0.1) is 5.92 Å². The summed E-state index contributed by atoms with van der Waals surface area (Å²) in [6.45, 7) is -0.552. The van der Waals surface area contributed by atoms with E-state index in [2.05, 4.69) is 0 Å². The van der Waals surface area contributed by atoms with Gasteiger partial charge in [-0.1, -0.05) is 23.2 Å². The lowest BCUT2D eigenvalue weighted by molar-refractivity contribution is -0.148. The summed E-state index contributed by atoms with van der Waals surface area (Å²) >= 11 is 11.3. The van der Waals surface area contributed by atoms with Gasteiger partial charge in [0.25, 0.3) is 0 Å². The zero-order valence-corrected chi connectivity index (χ0v) is 9.00. The average molecular weight is 258 g/mol. The fraction of sp³-hybridized carbons (Fsp3) is 0.333. The number of nitrogens with two attached hydrogens (primary N) is 1. The maximum atomic E-state index is 12.5. The van der Waals surface area contributed by atoms with Gasteiger partial charge in [-0.15, -0.1) is 0 Å². The summed E-state index contributed by atoms with van der Waals surface area (Å²) in [4.78, 5) is 0. The molecular weight excluding hydrogens is 250 g/mol. The summed E-state index contributed by atoms with van der Waals surface area (Å²) in [5.41, 5.74) is 5.00. The van der Waals surface area contributed by atoms with Crippen molar-refractivity contribution in [2.45, 2.75) is 12.1 Å². The van der Waals surface area contributed by atoms with Crippen LogP contribution in [0.5, 0.6) is 0 Å². The topological polar surface area (TPSA) is 26.0 Å². The van der Waals surface area contributed by atoms with E-state index in [0.29, 0.717) is 0 Å². The molecule has 0 radical (unpaired) electrons. The van der Waals surface area contributed by atoms with Gasteiger partial charge in [-0.05, 0) is 23.8 Å². The Morgan fingerprint density at radius 2 is 1.87 bits per heavy atom. The van der Waals surface area contributed by atoms with Gasteiger partial charge in [0.15, 0.2) is 0 Å². The average Bonchev–Trinajstić information content (AvgIpc) is 2.10. The van der Waals surface area contributed by atoms with Crippen molar-refractivity contribution in [1.29, 1.82) is 0 Å². The van der Waals surface area contributed by atoms with Gasteiger partial charge < -0.3 is 5.73 Å². The van der Waals surface area contributed by atoms with E-state index in [1.807, 2.05) is 0 Å². The molecule has 0 aliphatic rings. The number of rotatable bonds is 2. The molecule has 1 unspecified atom stereocenters. The molecule has 0 spiro atoms. The Morgan fingerprint density at radius 3 is 2.33 bits per heavy atom. The Balaban J connectivity index is 3.18. The summed E-state index contributed by atoms with van der Waals surface area (Å²) in [7, 11) is 0. The molecule has 0 aliphatic heterocycles. The molecule has 0 aromatic heterocycles. The molecule has 0 heterocycles. The van der Waals surface area contributed by atoms with Crippen LogP contribution in [0.3, 0.4) is 0 Å². The maximum absolute atomic E-state index is 12.5. The molecular formula is C9H8Cl2F3N. The number of benzene rings is 1. The highest BCUT2D eigenvalue weighted by Gasteiger charge is 2.40. The van der Waals surface area contributed by atoms with Gasteiger partial charge in [-0.2, -0.15) is 13.2 Å². The monoisotopic (exact) mass is 257 g/mol. The zero-order chi connectivity index (χ0) is 11.6. The lowest BCUT2D eigenvalue weighted by Gasteiger charge is -2.20. The first kappa shape index (κ1) is 12.6. The van der Waals surface area contributed by atoms with E-state index in [9.17, 15) is 13.2 Å². The fourth-order valence-corrected chi connectivity index (χ4v) is 1.65. The summed E-state index contributed by atoms with van der Waals surface area (Å²) in [6.07, 6.45) is -4.41. The van der Waals surface area contributed by atoms with Gasteiger partial charge in [-0.25, -0.2) is 0 Å². The smallest absolute Gasteiger partial charge is 0.330 e. The molecule has 1 aromatic carbocycles. The molecule has 0 saturated carbocycles. The minimum Gasteiger partial charge on any atom is -0.330 e. The normalized spacial score (nSPS) is 14.0. The highest BCUT2D eigenvalue weighted by atomic mass is 35.5. The molecule has 0 bridgehead atoms. The van der Waals surface area contributed by atoms with Gasteiger partial charge in [-0.3, -0.25) is 0 Å². The molecule has 0 saturated heterocycles. The molecule has 0 amide bonds. The largest absolute Gasteiger partial charge is 0.397 e. The third-order valence-corrected chi connectivity index (χ3v) is 2.54. The van der Waals surface area contributed by atoms with Gasteiger partial charge >= 0.3 is 6.18 Å². The van der Waals surface area contributed by atoms with Gasteiger partial charge in [0.2, 0.25) is 0 Å². The van der Waals surface area contributed by atoms with Crippen LogP contribution in [0.15, 0.2) is 18.2 Å². The van der Waals surface area contributed by atoms with E-state index in [-0.39, 0.29) is 15.6 Å². The first-order valence-electron chi connectivity index (χ1n) is 4.08. The van der Waals surface area contributed by atoms with Crippen molar-refractivity contribution in [2.24, 2.45) is 5.73 Å². The first-order chi connectivity index (χ1) is 6.86. The minimum atomic E-state index is -4.41. The Labute approximate surface area is 95.0 Å². The van der Waals surface area contributed by atoms with Crippen molar-refractivity contribution in [1.82, 2.24) is 0 Å². The third kappa shape index (κ3) is 3.00. The summed E-state index contributed by atoms with van der Waals surface area (Å²) in [5, 5.41) is 0.226. The molecule has 84 valence electrons. The molecule has 1 nitrogen and oxygen atoms in total. The van der Waals surface area contributed by atoms with Gasteiger partial charge in [0, 0.05) is 16.6 Å². The molecule has 6 heteroatoms. The van der Waals surface area contributed by atoms with Gasteiger partial charge in [0.1, 0.15) is 0 Å². The van der Waals surface area contributed by atoms with E-state index >= 15 is 0 Å². The van der Waals surface area contributed by atoms with Crippen LogP contribution < -0.4 is 5.73 Å². The van der Waals surface area contributed by atoms with Crippen LogP contribution in [0.1, 0.15) is 11.5 Å². The molecule has 15 heavy (non-hydrogen) atoms. The molecule has 1 aromatic rings. The lowest BCUT2D eigenvalue weighted by Crippen LogP contribution is -2.28. The number of hydrogen-bond donors (Lipinski definition) is 1. The first-order valence-corrected chi connectivity index (χ1v) is 4.83. The predicted octanol–water partition coefficient (Wildman–Crippen LogP) is 3.60. The number of alkyl halides is 3. The summed E-state index contributed by atoms with van der Waals surface area (Å²) in [5.74, 6) is -1.77. The molecule has 1 atom stereocenters. The van der Waals surface area contributed by atoms with E-state index < -0.39 is 18.6 Å². The second kappa shape index (κ2) is 4.60. The molecule has 0 aliphatic carbocycles. The van der Waals surface area contributed by atoms with Crippen LogP contribution in [-0.2, 0) is 0 Å². The molecule has 1 rings (SSSR count). The fourth-order valence-electron chi connectivity index (χ4n) is 1.22. The van der Waals surface area contributed by atoms with Crippen LogP contribution in [0.2, 0.25) is 10.0 Å². The Bertz CT molecular complexity index is 352. The Morgan fingerprint density at radius 1 is 1.27 bits per heavy atom.